The summed E-state index contributed by atoms with van der Waals surface area (Å²) in [6.07, 6.45) is 8.27. The molecule has 1 heterocycles. The van der Waals surface area contributed by atoms with Crippen LogP contribution in [-0.4, -0.2) is 40.5 Å². The Hall–Kier alpha value is -1.10. The van der Waals surface area contributed by atoms with Gasteiger partial charge in [0.05, 0.1) is 5.92 Å². The maximum absolute atomic E-state index is 12.8. The molecule has 0 bridgehead atoms. The van der Waals surface area contributed by atoms with Gasteiger partial charge in [0.25, 0.3) is 0 Å². The van der Waals surface area contributed by atoms with E-state index in [1.54, 1.807) is 4.90 Å². The van der Waals surface area contributed by atoms with E-state index in [1.165, 1.54) is 0 Å². The zero-order valence-electron chi connectivity index (χ0n) is 12.1. The fraction of sp³-hybridized carbons (Fsp3) is 0.867. The maximum Gasteiger partial charge on any atom is 0.326 e. The first-order valence-electron chi connectivity index (χ1n) is 7.90. The zero-order valence-corrected chi connectivity index (χ0v) is 12.1. The number of carboxylic acid groups (broad SMARTS) is 1. The molecule has 2 aliphatic rings. The van der Waals surface area contributed by atoms with Crippen LogP contribution in [0.4, 0.5) is 0 Å². The van der Waals surface area contributed by atoms with Crippen LogP contribution in [0.15, 0.2) is 0 Å². The summed E-state index contributed by atoms with van der Waals surface area (Å²) in [6.45, 7) is 0.568. The smallest absolute Gasteiger partial charge is 0.326 e. The molecule has 1 aliphatic heterocycles. The van der Waals surface area contributed by atoms with Crippen LogP contribution in [0, 0.1) is 5.92 Å². The van der Waals surface area contributed by atoms with Crippen molar-refractivity contribution in [2.24, 2.45) is 11.7 Å². The van der Waals surface area contributed by atoms with Gasteiger partial charge in [0, 0.05) is 12.6 Å². The predicted molar refractivity (Wildman–Crippen MR) is 76.2 cm³/mol. The van der Waals surface area contributed by atoms with Crippen LogP contribution < -0.4 is 5.73 Å². The maximum atomic E-state index is 12.8. The third-order valence-corrected chi connectivity index (χ3v) is 4.71. The van der Waals surface area contributed by atoms with E-state index in [2.05, 4.69) is 0 Å². The molecule has 3 atom stereocenters. The van der Waals surface area contributed by atoms with Gasteiger partial charge in [0.15, 0.2) is 0 Å². The highest BCUT2D eigenvalue weighted by Crippen LogP contribution is 2.27. The lowest BCUT2D eigenvalue weighted by molar-refractivity contribution is -0.152. The van der Waals surface area contributed by atoms with Gasteiger partial charge in [-0.2, -0.15) is 0 Å². The standard InChI is InChI=1S/C15H26N2O3/c16-12-8-4-1-3-7-11(12)14(18)17-10-6-2-5-9-13(17)15(19)20/h11-13H,1-10,16H2,(H,19,20). The molecule has 0 aromatic carbocycles. The molecule has 2 rings (SSSR count). The molecule has 3 N–H and O–H groups in total. The molecule has 1 amide bonds. The normalized spacial score (nSPS) is 32.2. The van der Waals surface area contributed by atoms with Gasteiger partial charge < -0.3 is 15.7 Å². The SMILES string of the molecule is NC1CCCCCC1C(=O)N1CCCCCC1C(=O)O. The molecule has 5 nitrogen and oxygen atoms in total. The zero-order chi connectivity index (χ0) is 14.5. The van der Waals surface area contributed by atoms with E-state index in [0.29, 0.717) is 13.0 Å². The van der Waals surface area contributed by atoms with Gasteiger partial charge in [-0.05, 0) is 25.7 Å². The van der Waals surface area contributed by atoms with E-state index >= 15 is 0 Å². The topological polar surface area (TPSA) is 83.6 Å². The number of likely N-dealkylation sites (tertiary alicyclic amines) is 1. The average molecular weight is 282 g/mol. The van der Waals surface area contributed by atoms with E-state index < -0.39 is 12.0 Å². The first-order valence-corrected chi connectivity index (χ1v) is 7.90. The highest BCUT2D eigenvalue weighted by molar-refractivity contribution is 5.85. The summed E-state index contributed by atoms with van der Waals surface area (Å²) in [5.74, 6) is -1.08. The molecule has 3 unspecified atom stereocenters. The van der Waals surface area contributed by atoms with Crippen molar-refractivity contribution in [1.29, 1.82) is 0 Å². The predicted octanol–water partition coefficient (Wildman–Crippen LogP) is 1.75. The van der Waals surface area contributed by atoms with Crippen molar-refractivity contribution in [2.75, 3.05) is 6.54 Å². The average Bonchev–Trinajstić information content (AvgIpc) is 2.77. The van der Waals surface area contributed by atoms with Crippen LogP contribution in [0.5, 0.6) is 0 Å². The summed E-state index contributed by atoms with van der Waals surface area (Å²) in [5, 5.41) is 9.38. The second-order valence-electron chi connectivity index (χ2n) is 6.14. The molecule has 0 aromatic heterocycles. The Labute approximate surface area is 120 Å². The van der Waals surface area contributed by atoms with Crippen LogP contribution in [0.25, 0.3) is 0 Å². The van der Waals surface area contributed by atoms with Gasteiger partial charge in [-0.15, -0.1) is 0 Å². The number of rotatable bonds is 2. The minimum absolute atomic E-state index is 0.0197. The molecule has 5 heteroatoms. The number of aliphatic carboxylic acids is 1. The Kier molecular flexibility index (Phi) is 5.40. The Morgan fingerprint density at radius 2 is 1.60 bits per heavy atom. The fourth-order valence-electron chi connectivity index (χ4n) is 3.48. The van der Waals surface area contributed by atoms with Gasteiger partial charge in [-0.3, -0.25) is 4.79 Å². The fourth-order valence-corrected chi connectivity index (χ4v) is 3.48. The van der Waals surface area contributed by atoms with Crippen LogP contribution >= 0.6 is 0 Å². The van der Waals surface area contributed by atoms with Gasteiger partial charge in [0.2, 0.25) is 5.91 Å². The highest BCUT2D eigenvalue weighted by Gasteiger charge is 2.36. The first kappa shape index (κ1) is 15.3. The lowest BCUT2D eigenvalue weighted by atomic mass is 9.93. The van der Waals surface area contributed by atoms with E-state index in [1.807, 2.05) is 0 Å². The van der Waals surface area contributed by atoms with Gasteiger partial charge in [-0.1, -0.05) is 32.1 Å². The number of nitrogens with zero attached hydrogens (tertiary/aromatic N) is 1. The second kappa shape index (κ2) is 7.07. The van der Waals surface area contributed by atoms with Crippen molar-refractivity contribution in [3.8, 4) is 0 Å². The number of nitrogens with two attached hydrogens (primary N) is 1. The molecule has 0 radical (unpaired) electrons. The number of amides is 1. The van der Waals surface area contributed by atoms with Gasteiger partial charge in [0.1, 0.15) is 6.04 Å². The Morgan fingerprint density at radius 3 is 2.35 bits per heavy atom. The van der Waals surface area contributed by atoms with Crippen molar-refractivity contribution >= 4 is 11.9 Å². The lowest BCUT2D eigenvalue weighted by Crippen LogP contribution is -2.50. The summed E-state index contributed by atoms with van der Waals surface area (Å²) in [7, 11) is 0. The van der Waals surface area contributed by atoms with Crippen LogP contribution in [-0.2, 0) is 9.59 Å². The molecule has 20 heavy (non-hydrogen) atoms. The van der Waals surface area contributed by atoms with Crippen molar-refractivity contribution in [2.45, 2.75) is 69.9 Å². The van der Waals surface area contributed by atoms with Gasteiger partial charge in [-0.25, -0.2) is 4.79 Å². The minimum Gasteiger partial charge on any atom is -0.480 e. The number of hydrogen-bond acceptors (Lipinski definition) is 3. The number of carboxylic acids is 1. The summed E-state index contributed by atoms with van der Waals surface area (Å²) in [4.78, 5) is 25.8. The summed E-state index contributed by atoms with van der Waals surface area (Å²) < 4.78 is 0. The lowest BCUT2D eigenvalue weighted by Gasteiger charge is -2.32. The van der Waals surface area contributed by atoms with Crippen molar-refractivity contribution < 1.29 is 14.7 Å². The monoisotopic (exact) mass is 282 g/mol. The summed E-state index contributed by atoms with van der Waals surface area (Å²) >= 11 is 0. The molecule has 1 saturated heterocycles. The minimum atomic E-state index is -0.873. The van der Waals surface area contributed by atoms with Gasteiger partial charge >= 0.3 is 5.97 Å². The number of carbonyl (C=O) groups excluding carboxylic acids is 1. The van der Waals surface area contributed by atoms with E-state index in [-0.39, 0.29) is 17.9 Å². The largest absolute Gasteiger partial charge is 0.480 e. The van der Waals surface area contributed by atoms with Crippen LogP contribution in [0.3, 0.4) is 0 Å². The first-order chi connectivity index (χ1) is 9.61. The van der Waals surface area contributed by atoms with Crippen LogP contribution in [0.1, 0.15) is 57.8 Å². The number of carbonyl (C=O) groups is 2. The van der Waals surface area contributed by atoms with Crippen molar-refractivity contribution in [3.05, 3.63) is 0 Å². The molecule has 0 spiro atoms. The molecule has 1 saturated carbocycles. The summed E-state index contributed by atoms with van der Waals surface area (Å²) in [5.41, 5.74) is 6.15. The highest BCUT2D eigenvalue weighted by atomic mass is 16.4. The van der Waals surface area contributed by atoms with Crippen molar-refractivity contribution in [3.63, 3.8) is 0 Å². The number of hydrogen-bond donors (Lipinski definition) is 2. The third-order valence-electron chi connectivity index (χ3n) is 4.71. The molecular formula is C15H26N2O3. The quantitative estimate of drug-likeness (QED) is 0.756. The molecule has 0 aromatic rings. The van der Waals surface area contributed by atoms with Crippen molar-refractivity contribution in [1.82, 2.24) is 4.90 Å². The Balaban J connectivity index is 2.12. The van der Waals surface area contributed by atoms with E-state index in [0.717, 1.165) is 51.4 Å². The molecule has 2 fully saturated rings. The molecule has 114 valence electrons. The Bertz CT molecular complexity index is 359. The Morgan fingerprint density at radius 1 is 0.950 bits per heavy atom. The second-order valence-corrected chi connectivity index (χ2v) is 6.14. The van der Waals surface area contributed by atoms with Crippen LogP contribution in [0.2, 0.25) is 0 Å². The summed E-state index contributed by atoms with van der Waals surface area (Å²) in [6, 6.07) is -0.761. The van der Waals surface area contributed by atoms with E-state index in [9.17, 15) is 14.7 Å². The van der Waals surface area contributed by atoms with E-state index in [4.69, 9.17) is 5.73 Å². The third kappa shape index (κ3) is 3.51. The molecular weight excluding hydrogens is 256 g/mol. The molecule has 1 aliphatic carbocycles.